The van der Waals surface area contributed by atoms with Gasteiger partial charge in [-0.15, -0.1) is 0 Å². The number of hydrogen-bond acceptors (Lipinski definition) is 5. The van der Waals surface area contributed by atoms with Gasteiger partial charge in [-0.1, -0.05) is 0 Å². The Morgan fingerprint density at radius 3 is 2.17 bits per heavy atom. The maximum absolute atomic E-state index is 11.9. The third-order valence-electron chi connectivity index (χ3n) is 2.58. The highest BCUT2D eigenvalue weighted by Crippen LogP contribution is 2.09. The van der Waals surface area contributed by atoms with Crippen LogP contribution in [0.5, 0.6) is 0 Å². The zero-order chi connectivity index (χ0) is 18.1. The predicted molar refractivity (Wildman–Crippen MR) is 86.0 cm³/mol. The minimum absolute atomic E-state index is 0.196. The van der Waals surface area contributed by atoms with Crippen molar-refractivity contribution in [3.8, 4) is 0 Å². The maximum Gasteiger partial charge on any atom is 0.411 e. The molecule has 0 atom stereocenters. The van der Waals surface area contributed by atoms with Crippen LogP contribution in [0.25, 0.3) is 0 Å². The molecule has 0 fully saturated rings. The van der Waals surface area contributed by atoms with Gasteiger partial charge in [-0.2, -0.15) is 0 Å². The van der Waals surface area contributed by atoms with Gasteiger partial charge in [0.15, 0.2) is 0 Å². The third-order valence-corrected chi connectivity index (χ3v) is 2.58. The molecule has 9 nitrogen and oxygen atoms in total. The van der Waals surface area contributed by atoms with Crippen molar-refractivity contribution in [2.24, 2.45) is 0 Å². The number of rotatable bonds is 4. The lowest BCUT2D eigenvalue weighted by Crippen LogP contribution is -2.49. The van der Waals surface area contributed by atoms with Gasteiger partial charge < -0.3 is 10.1 Å². The Labute approximate surface area is 139 Å². The maximum atomic E-state index is 11.9. The van der Waals surface area contributed by atoms with Crippen LogP contribution in [0.15, 0.2) is 24.3 Å². The number of hydrazine groups is 1. The molecule has 1 rings (SSSR count). The first kappa shape index (κ1) is 18.9. The van der Waals surface area contributed by atoms with Gasteiger partial charge in [-0.25, -0.2) is 4.79 Å². The van der Waals surface area contributed by atoms with Gasteiger partial charge in [0, 0.05) is 17.3 Å². The Morgan fingerprint density at radius 2 is 1.62 bits per heavy atom. The Hall–Kier alpha value is -3.10. The molecule has 0 bridgehead atoms. The van der Waals surface area contributed by atoms with E-state index in [-0.39, 0.29) is 18.2 Å². The standard InChI is InChI=1S/C15H20N4O5/c1-4-24-15(23)17-11-7-5-10(6-8-11)12(20)18-19-14(22)13(21)16-9(2)3/h5-9H,4H2,1-3H3,(H,16,21)(H,17,23)(H,18,20)(H,19,22). The average Bonchev–Trinajstić information content (AvgIpc) is 2.52. The van der Waals surface area contributed by atoms with E-state index >= 15 is 0 Å². The Morgan fingerprint density at radius 1 is 1.00 bits per heavy atom. The molecule has 130 valence electrons. The molecule has 24 heavy (non-hydrogen) atoms. The van der Waals surface area contributed by atoms with Gasteiger partial charge in [-0.3, -0.25) is 30.6 Å². The van der Waals surface area contributed by atoms with Gasteiger partial charge in [0.25, 0.3) is 5.91 Å². The summed E-state index contributed by atoms with van der Waals surface area (Å²) in [5.74, 6) is -2.43. The largest absolute Gasteiger partial charge is 0.450 e. The molecule has 0 spiro atoms. The van der Waals surface area contributed by atoms with Crippen molar-refractivity contribution in [2.75, 3.05) is 11.9 Å². The Kier molecular flexibility index (Phi) is 7.21. The summed E-state index contributed by atoms with van der Waals surface area (Å²) in [6, 6.07) is 5.69. The van der Waals surface area contributed by atoms with E-state index in [2.05, 4.69) is 16.1 Å². The second-order valence-corrected chi connectivity index (χ2v) is 4.96. The van der Waals surface area contributed by atoms with Crippen LogP contribution >= 0.6 is 0 Å². The van der Waals surface area contributed by atoms with E-state index < -0.39 is 23.8 Å². The lowest BCUT2D eigenvalue weighted by Gasteiger charge is -2.10. The van der Waals surface area contributed by atoms with E-state index in [1.807, 2.05) is 5.43 Å². The van der Waals surface area contributed by atoms with E-state index in [4.69, 9.17) is 4.74 Å². The van der Waals surface area contributed by atoms with Crippen molar-refractivity contribution in [1.29, 1.82) is 0 Å². The molecule has 4 N–H and O–H groups in total. The molecular formula is C15H20N4O5. The van der Waals surface area contributed by atoms with Crippen molar-refractivity contribution in [3.63, 3.8) is 0 Å². The first-order valence-electron chi connectivity index (χ1n) is 7.28. The van der Waals surface area contributed by atoms with E-state index in [9.17, 15) is 19.2 Å². The molecule has 0 aliphatic heterocycles. The quantitative estimate of drug-likeness (QED) is 0.472. The van der Waals surface area contributed by atoms with Crippen molar-refractivity contribution in [1.82, 2.24) is 16.2 Å². The minimum atomic E-state index is -0.974. The van der Waals surface area contributed by atoms with Crippen LogP contribution in [0.1, 0.15) is 31.1 Å². The molecule has 9 heteroatoms. The second kappa shape index (κ2) is 9.13. The highest BCUT2D eigenvalue weighted by molar-refractivity contribution is 6.35. The first-order valence-corrected chi connectivity index (χ1v) is 7.28. The number of hydrogen-bond donors (Lipinski definition) is 4. The van der Waals surface area contributed by atoms with Crippen LogP contribution in [-0.4, -0.2) is 36.5 Å². The average molecular weight is 336 g/mol. The fourth-order valence-corrected chi connectivity index (χ4v) is 1.56. The molecule has 0 aromatic heterocycles. The Bertz CT molecular complexity index is 613. The zero-order valence-electron chi connectivity index (χ0n) is 13.6. The number of nitrogens with one attached hydrogen (secondary N) is 4. The summed E-state index contributed by atoms with van der Waals surface area (Å²) in [4.78, 5) is 45.9. The molecule has 4 amide bonds. The van der Waals surface area contributed by atoms with Crippen LogP contribution < -0.4 is 21.5 Å². The number of carbonyl (C=O) groups excluding carboxylic acids is 4. The van der Waals surface area contributed by atoms with Crippen molar-refractivity contribution in [2.45, 2.75) is 26.8 Å². The summed E-state index contributed by atoms with van der Waals surface area (Å²) in [7, 11) is 0. The number of ether oxygens (including phenoxy) is 1. The molecule has 0 saturated carbocycles. The molecule has 1 aromatic carbocycles. The molecule has 0 aliphatic rings. The summed E-state index contributed by atoms with van der Waals surface area (Å²) >= 11 is 0. The SMILES string of the molecule is CCOC(=O)Nc1ccc(C(=O)NNC(=O)C(=O)NC(C)C)cc1. The molecule has 0 aliphatic carbocycles. The van der Waals surface area contributed by atoms with Crippen LogP contribution in [-0.2, 0) is 14.3 Å². The molecular weight excluding hydrogens is 316 g/mol. The molecule has 1 aromatic rings. The molecule has 0 saturated heterocycles. The number of carbonyl (C=O) groups is 4. The van der Waals surface area contributed by atoms with E-state index in [0.29, 0.717) is 5.69 Å². The minimum Gasteiger partial charge on any atom is -0.450 e. The number of amides is 4. The fraction of sp³-hybridized carbons (Fsp3) is 0.333. The first-order chi connectivity index (χ1) is 11.3. The van der Waals surface area contributed by atoms with E-state index in [1.54, 1.807) is 20.8 Å². The van der Waals surface area contributed by atoms with Crippen LogP contribution in [0.3, 0.4) is 0 Å². The lowest BCUT2D eigenvalue weighted by molar-refractivity contribution is -0.139. The van der Waals surface area contributed by atoms with Crippen LogP contribution in [0.4, 0.5) is 10.5 Å². The molecule has 0 heterocycles. The third kappa shape index (κ3) is 6.34. The summed E-state index contributed by atoms with van der Waals surface area (Å²) in [6.07, 6.45) is -0.599. The summed E-state index contributed by atoms with van der Waals surface area (Å²) < 4.78 is 4.72. The predicted octanol–water partition coefficient (Wildman–Crippen LogP) is 0.541. The van der Waals surface area contributed by atoms with E-state index in [1.165, 1.54) is 24.3 Å². The van der Waals surface area contributed by atoms with Crippen molar-refractivity contribution >= 4 is 29.5 Å². The number of benzene rings is 1. The number of anilines is 1. The van der Waals surface area contributed by atoms with Crippen LogP contribution in [0.2, 0.25) is 0 Å². The van der Waals surface area contributed by atoms with Gasteiger partial charge >= 0.3 is 17.9 Å². The molecule has 0 unspecified atom stereocenters. The van der Waals surface area contributed by atoms with Crippen LogP contribution in [0, 0.1) is 0 Å². The lowest BCUT2D eigenvalue weighted by atomic mass is 10.2. The van der Waals surface area contributed by atoms with Gasteiger partial charge in [0.05, 0.1) is 6.61 Å². The second-order valence-electron chi connectivity index (χ2n) is 4.96. The smallest absolute Gasteiger partial charge is 0.411 e. The van der Waals surface area contributed by atoms with Gasteiger partial charge in [-0.05, 0) is 45.0 Å². The highest BCUT2D eigenvalue weighted by Gasteiger charge is 2.15. The highest BCUT2D eigenvalue weighted by atomic mass is 16.5. The zero-order valence-corrected chi connectivity index (χ0v) is 13.6. The normalized spacial score (nSPS) is 9.83. The fourth-order valence-electron chi connectivity index (χ4n) is 1.56. The van der Waals surface area contributed by atoms with Gasteiger partial charge in [0.1, 0.15) is 0 Å². The van der Waals surface area contributed by atoms with E-state index in [0.717, 1.165) is 0 Å². The summed E-state index contributed by atoms with van der Waals surface area (Å²) in [5.41, 5.74) is 4.81. The Balaban J connectivity index is 2.52. The molecule has 0 radical (unpaired) electrons. The van der Waals surface area contributed by atoms with Crippen molar-refractivity contribution < 1.29 is 23.9 Å². The summed E-state index contributed by atoms with van der Waals surface area (Å²) in [6.45, 7) is 5.34. The monoisotopic (exact) mass is 336 g/mol. The van der Waals surface area contributed by atoms with Crippen molar-refractivity contribution in [3.05, 3.63) is 29.8 Å². The van der Waals surface area contributed by atoms with Gasteiger partial charge in [0.2, 0.25) is 0 Å². The topological polar surface area (TPSA) is 126 Å². The summed E-state index contributed by atoms with van der Waals surface area (Å²) in [5, 5.41) is 4.86.